The summed E-state index contributed by atoms with van der Waals surface area (Å²) < 4.78 is 11.3. The second-order valence-corrected chi connectivity index (χ2v) is 13.9. The molecule has 0 N–H and O–H groups in total. The van der Waals surface area contributed by atoms with Crippen LogP contribution in [0.1, 0.15) is 119 Å². The highest BCUT2D eigenvalue weighted by Gasteiger charge is 2.54. The minimum Gasteiger partial charge on any atom is -0.461 e. The van der Waals surface area contributed by atoms with Gasteiger partial charge in [0.05, 0.1) is 0 Å². The van der Waals surface area contributed by atoms with Crippen LogP contribution >= 0.6 is 0 Å². The van der Waals surface area contributed by atoms with E-state index < -0.39 is 0 Å². The SMILES string of the molecule is O=C(CCCCCCCCC(=O)Oc1ccc2c(c1)[C@]13CCCC[C@H]1[C@H](C2)N(CC1CCC1)CC3)OCc1ccccc1. The van der Waals surface area contributed by atoms with Crippen LogP contribution in [0.15, 0.2) is 48.5 Å². The Bertz CT molecular complexity index is 1220. The third-order valence-electron chi connectivity index (χ3n) is 11.1. The molecule has 0 radical (unpaired) electrons. The first-order valence-corrected chi connectivity index (χ1v) is 17.4. The van der Waals surface area contributed by atoms with Gasteiger partial charge in [-0.1, -0.05) is 81.3 Å². The lowest BCUT2D eigenvalue weighted by molar-refractivity contribution is -0.145. The Kier molecular flexibility index (Phi) is 10.2. The molecule has 5 nitrogen and oxygen atoms in total. The molecule has 2 aromatic carbocycles. The molecule has 2 aromatic rings. The predicted octanol–water partition coefficient (Wildman–Crippen LogP) is 8.31. The van der Waals surface area contributed by atoms with E-state index in [0.29, 0.717) is 25.5 Å². The number of esters is 2. The summed E-state index contributed by atoms with van der Waals surface area (Å²) >= 11 is 0. The van der Waals surface area contributed by atoms with Gasteiger partial charge in [-0.25, -0.2) is 0 Å². The van der Waals surface area contributed by atoms with E-state index in [2.05, 4.69) is 17.0 Å². The number of piperidine rings is 1. The largest absolute Gasteiger partial charge is 0.461 e. The lowest BCUT2D eigenvalue weighted by atomic mass is 9.52. The van der Waals surface area contributed by atoms with Crippen LogP contribution in [0.2, 0.25) is 0 Å². The van der Waals surface area contributed by atoms with Gasteiger partial charge in [-0.2, -0.15) is 0 Å². The lowest BCUT2D eigenvalue weighted by Crippen LogP contribution is -2.61. The second-order valence-electron chi connectivity index (χ2n) is 13.9. The molecule has 2 bridgehead atoms. The summed E-state index contributed by atoms with van der Waals surface area (Å²) in [6, 6.07) is 17.1. The van der Waals surface area contributed by atoms with Gasteiger partial charge in [0.25, 0.3) is 0 Å². The predicted molar refractivity (Wildman–Crippen MR) is 170 cm³/mol. The quantitative estimate of drug-likeness (QED) is 0.127. The summed E-state index contributed by atoms with van der Waals surface area (Å²) in [5, 5.41) is 0. The van der Waals surface area contributed by atoms with Gasteiger partial charge in [-0.15, -0.1) is 0 Å². The molecule has 0 aromatic heterocycles. The van der Waals surface area contributed by atoms with Crippen molar-refractivity contribution in [1.82, 2.24) is 4.90 Å². The molecule has 3 aliphatic carbocycles. The van der Waals surface area contributed by atoms with Crippen molar-refractivity contribution in [3.05, 3.63) is 65.2 Å². The van der Waals surface area contributed by atoms with Gasteiger partial charge in [0.1, 0.15) is 12.4 Å². The number of likely N-dealkylation sites (tertiary alicyclic amines) is 1. The highest BCUT2D eigenvalue weighted by Crippen LogP contribution is 2.56. The molecule has 0 amide bonds. The molecule has 2 saturated carbocycles. The standard InChI is InChI=1S/C38H51NO4/c40-36(42-28-30-13-6-5-7-14-30)18-8-3-1-2-4-9-19-37(41)43-32-21-20-31-25-35-33-17-10-11-22-38(33,34(31)26-32)23-24-39(35)27-29-15-12-16-29/h5-7,13-14,20-21,26,29,33,35H,1-4,8-12,15-19,22-25,27-28H2/t33-,35-,38-/m0/s1. The van der Waals surface area contributed by atoms with Crippen LogP contribution in [0, 0.1) is 11.8 Å². The number of hydrogen-bond acceptors (Lipinski definition) is 5. The maximum absolute atomic E-state index is 12.7. The third-order valence-corrected chi connectivity index (χ3v) is 11.1. The number of unbranched alkanes of at least 4 members (excludes halogenated alkanes) is 5. The Balaban J connectivity index is 0.911. The zero-order valence-corrected chi connectivity index (χ0v) is 26.1. The Morgan fingerprint density at radius 3 is 2.35 bits per heavy atom. The Morgan fingerprint density at radius 2 is 1.58 bits per heavy atom. The monoisotopic (exact) mass is 585 g/mol. The molecule has 5 heteroatoms. The van der Waals surface area contributed by atoms with Gasteiger partial charge in [0, 0.05) is 30.8 Å². The van der Waals surface area contributed by atoms with Crippen LogP contribution in [0.3, 0.4) is 0 Å². The van der Waals surface area contributed by atoms with Crippen molar-refractivity contribution in [3.8, 4) is 5.75 Å². The van der Waals surface area contributed by atoms with Crippen molar-refractivity contribution in [2.75, 3.05) is 13.1 Å². The molecule has 232 valence electrons. The van der Waals surface area contributed by atoms with Crippen LogP contribution in [0.25, 0.3) is 0 Å². The number of carbonyl (C=O) groups excluding carboxylic acids is 2. The summed E-state index contributed by atoms with van der Waals surface area (Å²) in [4.78, 5) is 27.6. The summed E-state index contributed by atoms with van der Waals surface area (Å²) in [5.41, 5.74) is 4.32. The minimum absolute atomic E-state index is 0.109. The van der Waals surface area contributed by atoms with Gasteiger partial charge in [0.2, 0.25) is 0 Å². The average Bonchev–Trinajstić information content (AvgIpc) is 3.01. The van der Waals surface area contributed by atoms with Gasteiger partial charge in [-0.3, -0.25) is 14.5 Å². The van der Waals surface area contributed by atoms with E-state index in [9.17, 15) is 9.59 Å². The first-order chi connectivity index (χ1) is 21.1. The van der Waals surface area contributed by atoms with E-state index in [1.54, 1.807) is 0 Å². The topological polar surface area (TPSA) is 55.8 Å². The Labute approximate surface area is 258 Å². The number of carbonyl (C=O) groups is 2. The fourth-order valence-corrected chi connectivity index (χ4v) is 8.60. The second kappa shape index (κ2) is 14.4. The van der Waals surface area contributed by atoms with E-state index in [1.807, 2.05) is 36.4 Å². The van der Waals surface area contributed by atoms with Crippen molar-refractivity contribution in [2.45, 2.75) is 127 Å². The molecule has 43 heavy (non-hydrogen) atoms. The van der Waals surface area contributed by atoms with Crippen molar-refractivity contribution < 1.29 is 19.1 Å². The number of nitrogens with zero attached hydrogens (tertiary/aromatic N) is 1. The van der Waals surface area contributed by atoms with Crippen LogP contribution in [-0.4, -0.2) is 36.0 Å². The maximum Gasteiger partial charge on any atom is 0.311 e. The van der Waals surface area contributed by atoms with Gasteiger partial charge in [0.15, 0.2) is 0 Å². The van der Waals surface area contributed by atoms with E-state index in [-0.39, 0.29) is 17.4 Å². The summed E-state index contributed by atoms with van der Waals surface area (Å²) in [7, 11) is 0. The lowest BCUT2D eigenvalue weighted by Gasteiger charge is -2.59. The number of fused-ring (bicyclic) bond motifs is 1. The smallest absolute Gasteiger partial charge is 0.311 e. The normalized spacial score (nSPS) is 24.8. The minimum atomic E-state index is -0.124. The molecule has 1 saturated heterocycles. The molecule has 3 atom stereocenters. The molecule has 3 fully saturated rings. The first-order valence-electron chi connectivity index (χ1n) is 17.4. The highest BCUT2D eigenvalue weighted by molar-refractivity contribution is 5.72. The van der Waals surface area contributed by atoms with E-state index in [0.717, 1.165) is 68.1 Å². The first kappa shape index (κ1) is 30.4. The summed E-state index contributed by atoms with van der Waals surface area (Å²) in [6.45, 7) is 2.90. The zero-order chi connectivity index (χ0) is 29.5. The number of ether oxygens (including phenoxy) is 2. The molecule has 0 unspecified atom stereocenters. The van der Waals surface area contributed by atoms with Gasteiger partial charge in [-0.05, 0) is 98.6 Å². The zero-order valence-electron chi connectivity index (χ0n) is 26.1. The molecule has 1 aliphatic heterocycles. The van der Waals surface area contributed by atoms with Gasteiger partial charge >= 0.3 is 11.9 Å². The highest BCUT2D eigenvalue weighted by atomic mass is 16.5. The fourth-order valence-electron chi connectivity index (χ4n) is 8.60. The number of benzene rings is 2. The Morgan fingerprint density at radius 1 is 0.814 bits per heavy atom. The molecule has 1 heterocycles. The van der Waals surface area contributed by atoms with Crippen molar-refractivity contribution in [3.63, 3.8) is 0 Å². The maximum atomic E-state index is 12.7. The molecule has 0 spiro atoms. The van der Waals surface area contributed by atoms with Crippen LogP contribution in [0.5, 0.6) is 5.75 Å². The molecule has 6 rings (SSSR count). The summed E-state index contributed by atoms with van der Waals surface area (Å²) in [5.74, 6) is 2.20. The van der Waals surface area contributed by atoms with Crippen molar-refractivity contribution in [2.24, 2.45) is 11.8 Å². The third kappa shape index (κ3) is 7.36. The van der Waals surface area contributed by atoms with Crippen LogP contribution < -0.4 is 4.74 Å². The van der Waals surface area contributed by atoms with E-state index in [4.69, 9.17) is 9.47 Å². The van der Waals surface area contributed by atoms with Crippen molar-refractivity contribution >= 4 is 11.9 Å². The summed E-state index contributed by atoms with van der Waals surface area (Å²) in [6.07, 6.45) is 18.9. The number of rotatable bonds is 14. The fraction of sp³-hybridized carbons (Fsp3) is 0.632. The number of hydrogen-bond donors (Lipinski definition) is 0. The molecular formula is C38H51NO4. The molecule has 4 aliphatic rings. The molecular weight excluding hydrogens is 534 g/mol. The van der Waals surface area contributed by atoms with Gasteiger partial charge < -0.3 is 9.47 Å². The Hall–Kier alpha value is -2.66. The average molecular weight is 586 g/mol. The van der Waals surface area contributed by atoms with E-state index >= 15 is 0 Å². The van der Waals surface area contributed by atoms with Crippen molar-refractivity contribution in [1.29, 1.82) is 0 Å². The van der Waals surface area contributed by atoms with Crippen LogP contribution in [0.4, 0.5) is 0 Å². The van der Waals surface area contributed by atoms with E-state index in [1.165, 1.54) is 75.6 Å². The van der Waals surface area contributed by atoms with Crippen LogP contribution in [-0.2, 0) is 32.8 Å².